The van der Waals surface area contributed by atoms with Crippen molar-refractivity contribution >= 4 is 11.8 Å². The first-order valence-corrected chi connectivity index (χ1v) is 7.13. The maximum absolute atomic E-state index is 12.3. The van der Waals surface area contributed by atoms with Crippen molar-refractivity contribution in [1.82, 2.24) is 9.80 Å². The highest BCUT2D eigenvalue weighted by Gasteiger charge is 2.36. The van der Waals surface area contributed by atoms with Crippen LogP contribution < -0.4 is 0 Å². The highest BCUT2D eigenvalue weighted by Crippen LogP contribution is 2.17. The summed E-state index contributed by atoms with van der Waals surface area (Å²) in [7, 11) is 1.56. The van der Waals surface area contributed by atoms with E-state index >= 15 is 0 Å². The van der Waals surface area contributed by atoms with Crippen molar-refractivity contribution in [3.63, 3.8) is 0 Å². The van der Waals surface area contributed by atoms with Gasteiger partial charge in [0.25, 0.3) is 0 Å². The number of nitrogens with zero attached hydrogens (tertiary/aromatic N) is 3. The van der Waals surface area contributed by atoms with E-state index in [1.54, 1.807) is 37.1 Å². The molecule has 0 aliphatic carbocycles. The van der Waals surface area contributed by atoms with Crippen LogP contribution in [0.25, 0.3) is 0 Å². The predicted molar refractivity (Wildman–Crippen MR) is 79.6 cm³/mol. The summed E-state index contributed by atoms with van der Waals surface area (Å²) in [6, 6.07) is 8.64. The number of nitriles is 1. The normalized spacial score (nSPS) is 18.5. The van der Waals surface area contributed by atoms with E-state index in [4.69, 9.17) is 10.00 Å². The minimum absolute atomic E-state index is 0.0739. The zero-order valence-corrected chi connectivity index (χ0v) is 12.8. The van der Waals surface area contributed by atoms with Crippen molar-refractivity contribution in [1.29, 1.82) is 5.26 Å². The largest absolute Gasteiger partial charge is 0.383 e. The zero-order chi connectivity index (χ0) is 16.1. The zero-order valence-electron chi connectivity index (χ0n) is 12.8. The third kappa shape index (κ3) is 3.43. The van der Waals surface area contributed by atoms with Crippen LogP contribution in [0.1, 0.15) is 18.1 Å². The Balaban J connectivity index is 2.10. The quantitative estimate of drug-likeness (QED) is 0.805. The molecule has 0 N–H and O–H groups in total. The Morgan fingerprint density at radius 1 is 1.41 bits per heavy atom. The summed E-state index contributed by atoms with van der Waals surface area (Å²) in [5.41, 5.74) is 1.39. The van der Waals surface area contributed by atoms with Gasteiger partial charge in [0.1, 0.15) is 6.04 Å². The van der Waals surface area contributed by atoms with Crippen LogP contribution in [-0.2, 0) is 20.9 Å². The molecule has 0 saturated carbocycles. The number of ether oxygens (including phenoxy) is 1. The topological polar surface area (TPSA) is 73.6 Å². The van der Waals surface area contributed by atoms with E-state index in [1.165, 1.54) is 4.90 Å². The van der Waals surface area contributed by atoms with Crippen LogP contribution in [0.15, 0.2) is 24.3 Å². The van der Waals surface area contributed by atoms with E-state index in [0.29, 0.717) is 25.3 Å². The Morgan fingerprint density at radius 2 is 2.18 bits per heavy atom. The Labute approximate surface area is 129 Å². The third-order valence-corrected chi connectivity index (χ3v) is 3.76. The van der Waals surface area contributed by atoms with Gasteiger partial charge in [-0.1, -0.05) is 12.1 Å². The molecule has 0 spiro atoms. The van der Waals surface area contributed by atoms with E-state index in [1.807, 2.05) is 6.07 Å². The highest BCUT2D eigenvalue weighted by atomic mass is 16.5. The highest BCUT2D eigenvalue weighted by molar-refractivity contribution is 5.94. The van der Waals surface area contributed by atoms with E-state index in [0.717, 1.165) is 5.56 Å². The van der Waals surface area contributed by atoms with Gasteiger partial charge < -0.3 is 14.5 Å². The summed E-state index contributed by atoms with van der Waals surface area (Å²) >= 11 is 0. The van der Waals surface area contributed by atoms with Gasteiger partial charge in [-0.25, -0.2) is 0 Å². The number of hydrogen-bond donors (Lipinski definition) is 0. The maximum Gasteiger partial charge on any atom is 0.245 e. The Morgan fingerprint density at radius 3 is 2.86 bits per heavy atom. The van der Waals surface area contributed by atoms with Crippen LogP contribution in [0.5, 0.6) is 0 Å². The van der Waals surface area contributed by atoms with Crippen molar-refractivity contribution in [2.75, 3.05) is 26.8 Å². The van der Waals surface area contributed by atoms with Gasteiger partial charge in [0, 0.05) is 20.2 Å². The fourth-order valence-electron chi connectivity index (χ4n) is 2.50. The first-order chi connectivity index (χ1) is 10.6. The molecule has 1 aromatic carbocycles. The molecule has 1 saturated heterocycles. The van der Waals surface area contributed by atoms with Gasteiger partial charge in [-0.2, -0.15) is 5.26 Å². The van der Waals surface area contributed by atoms with E-state index in [-0.39, 0.29) is 18.4 Å². The number of benzene rings is 1. The SMILES string of the molecule is COCCN1CC(=O)N(Cc2cccc(C#N)c2)[C@@H](C)C1=O. The van der Waals surface area contributed by atoms with Gasteiger partial charge in [-0.05, 0) is 24.6 Å². The first kappa shape index (κ1) is 16.0. The van der Waals surface area contributed by atoms with Gasteiger partial charge in [0.15, 0.2) is 0 Å². The number of methoxy groups -OCH3 is 1. The molecule has 6 heteroatoms. The number of carbonyl (C=O) groups excluding carboxylic acids is 2. The summed E-state index contributed by atoms with van der Waals surface area (Å²) in [4.78, 5) is 27.7. The fraction of sp³-hybridized carbons (Fsp3) is 0.438. The van der Waals surface area contributed by atoms with Crippen LogP contribution in [0.3, 0.4) is 0 Å². The van der Waals surface area contributed by atoms with E-state index in [2.05, 4.69) is 6.07 Å². The van der Waals surface area contributed by atoms with Crippen LogP contribution in [0.2, 0.25) is 0 Å². The lowest BCUT2D eigenvalue weighted by molar-refractivity contribution is -0.156. The Hall–Kier alpha value is -2.39. The van der Waals surface area contributed by atoms with Gasteiger partial charge in [-0.15, -0.1) is 0 Å². The molecule has 22 heavy (non-hydrogen) atoms. The first-order valence-electron chi connectivity index (χ1n) is 7.13. The number of rotatable bonds is 5. The van der Waals surface area contributed by atoms with Crippen LogP contribution in [0, 0.1) is 11.3 Å². The van der Waals surface area contributed by atoms with Gasteiger partial charge in [0.2, 0.25) is 11.8 Å². The van der Waals surface area contributed by atoms with Crippen molar-refractivity contribution in [3.05, 3.63) is 35.4 Å². The molecule has 1 fully saturated rings. The Kier molecular flexibility index (Phi) is 5.12. The molecule has 0 bridgehead atoms. The minimum Gasteiger partial charge on any atom is -0.383 e. The lowest BCUT2D eigenvalue weighted by Crippen LogP contribution is -2.58. The summed E-state index contributed by atoms with van der Waals surface area (Å²) in [5, 5.41) is 8.93. The summed E-state index contributed by atoms with van der Waals surface area (Å²) in [5.74, 6) is -0.168. The number of carbonyl (C=O) groups is 2. The van der Waals surface area contributed by atoms with E-state index in [9.17, 15) is 9.59 Å². The molecule has 2 rings (SSSR count). The number of hydrogen-bond acceptors (Lipinski definition) is 4. The summed E-state index contributed by atoms with van der Waals surface area (Å²) in [6.45, 7) is 2.97. The molecule has 0 radical (unpaired) electrons. The molecular formula is C16H19N3O3. The van der Waals surface area contributed by atoms with Crippen LogP contribution in [0.4, 0.5) is 0 Å². The van der Waals surface area contributed by atoms with Crippen molar-refractivity contribution in [2.45, 2.75) is 19.5 Å². The second kappa shape index (κ2) is 7.05. The third-order valence-electron chi connectivity index (χ3n) is 3.76. The molecule has 1 atom stereocenters. The molecule has 1 heterocycles. The molecule has 1 aromatic rings. The monoisotopic (exact) mass is 301 g/mol. The molecule has 1 aliphatic rings. The smallest absolute Gasteiger partial charge is 0.245 e. The lowest BCUT2D eigenvalue weighted by Gasteiger charge is -2.38. The number of piperazine rings is 1. The standard InChI is InChI=1S/C16H19N3O3/c1-12-16(21)18(6-7-22-2)11-15(20)19(12)10-14-5-3-4-13(8-14)9-17/h3-5,8,12H,6-7,10-11H2,1-2H3/t12-/m0/s1. The second-order valence-electron chi connectivity index (χ2n) is 5.26. The average Bonchev–Trinajstić information content (AvgIpc) is 2.54. The van der Waals surface area contributed by atoms with Gasteiger partial charge in [0.05, 0.1) is 24.8 Å². The van der Waals surface area contributed by atoms with Crippen molar-refractivity contribution < 1.29 is 14.3 Å². The van der Waals surface area contributed by atoms with Crippen LogP contribution in [-0.4, -0.2) is 54.5 Å². The molecule has 2 amide bonds. The van der Waals surface area contributed by atoms with Gasteiger partial charge >= 0.3 is 0 Å². The second-order valence-corrected chi connectivity index (χ2v) is 5.26. The lowest BCUT2D eigenvalue weighted by atomic mass is 10.1. The number of amides is 2. The van der Waals surface area contributed by atoms with Crippen molar-refractivity contribution in [3.8, 4) is 6.07 Å². The molecule has 116 valence electrons. The van der Waals surface area contributed by atoms with Crippen molar-refractivity contribution in [2.24, 2.45) is 0 Å². The molecule has 0 unspecified atom stereocenters. The van der Waals surface area contributed by atoms with Crippen LogP contribution >= 0.6 is 0 Å². The average molecular weight is 301 g/mol. The fourth-order valence-corrected chi connectivity index (χ4v) is 2.50. The van der Waals surface area contributed by atoms with E-state index < -0.39 is 6.04 Å². The molecule has 6 nitrogen and oxygen atoms in total. The Bertz CT molecular complexity index is 609. The maximum atomic E-state index is 12.3. The molecule has 1 aliphatic heterocycles. The molecule has 0 aromatic heterocycles. The predicted octanol–water partition coefficient (Wildman–Crippen LogP) is 0.764. The summed E-state index contributed by atoms with van der Waals surface area (Å²) in [6.07, 6.45) is 0. The minimum atomic E-state index is -0.510. The van der Waals surface area contributed by atoms with Gasteiger partial charge in [-0.3, -0.25) is 9.59 Å². The summed E-state index contributed by atoms with van der Waals surface area (Å²) < 4.78 is 4.96. The molecular weight excluding hydrogens is 282 g/mol.